The van der Waals surface area contributed by atoms with Crippen molar-refractivity contribution in [1.82, 2.24) is 0 Å². The van der Waals surface area contributed by atoms with Crippen LogP contribution < -0.4 is 11.5 Å². The molecule has 0 saturated carbocycles. The lowest BCUT2D eigenvalue weighted by atomic mass is 10.5. The maximum Gasteiger partial charge on any atom is 0.334 e. The molecule has 0 heterocycles. The van der Waals surface area contributed by atoms with Crippen LogP contribution >= 0.6 is 0 Å². The van der Waals surface area contributed by atoms with E-state index in [0.717, 1.165) is 12.5 Å². The molecule has 0 bridgehead atoms. The lowest BCUT2D eigenvalue weighted by molar-refractivity contribution is 0.184. The van der Waals surface area contributed by atoms with Gasteiger partial charge in [-0.25, -0.2) is 0 Å². The van der Waals surface area contributed by atoms with Gasteiger partial charge < -0.3 is 25.4 Å². The van der Waals surface area contributed by atoms with Gasteiger partial charge in [0.1, 0.15) is 0 Å². The highest BCUT2D eigenvalue weighted by Gasteiger charge is 2.29. The second kappa shape index (κ2) is 13.1. The van der Waals surface area contributed by atoms with Crippen LogP contribution in [0.25, 0.3) is 0 Å². The summed E-state index contributed by atoms with van der Waals surface area (Å²) in [6, 6.07) is 0.880. The highest BCUT2D eigenvalue weighted by molar-refractivity contribution is 6.66. The van der Waals surface area contributed by atoms with Crippen molar-refractivity contribution in [2.75, 3.05) is 32.9 Å². The molecule has 16 heavy (non-hydrogen) atoms. The van der Waals surface area contributed by atoms with Gasteiger partial charge in [0.25, 0.3) is 0 Å². The SMILES string of the molecule is CCO[Si](C)(CCCO)OCC.NCCN. The fraction of sp³-hybridized carbons (Fsp3) is 1.00. The third-order valence-electron chi connectivity index (χ3n) is 1.86. The van der Waals surface area contributed by atoms with E-state index in [0.29, 0.717) is 26.3 Å². The summed E-state index contributed by atoms with van der Waals surface area (Å²) in [6.07, 6.45) is 0.780. The number of nitrogens with two attached hydrogens (primary N) is 2. The summed E-state index contributed by atoms with van der Waals surface area (Å²) in [7, 11) is -1.93. The zero-order chi connectivity index (χ0) is 12.9. The van der Waals surface area contributed by atoms with Crippen molar-refractivity contribution < 1.29 is 14.0 Å². The van der Waals surface area contributed by atoms with Crippen LogP contribution in [0.4, 0.5) is 0 Å². The second-order valence-corrected chi connectivity index (χ2v) is 6.75. The quantitative estimate of drug-likeness (QED) is 0.545. The van der Waals surface area contributed by atoms with Crippen molar-refractivity contribution in [3.63, 3.8) is 0 Å². The van der Waals surface area contributed by atoms with Gasteiger partial charge in [-0.05, 0) is 32.9 Å². The highest BCUT2D eigenvalue weighted by Crippen LogP contribution is 2.15. The molecular weight excluding hydrogens is 224 g/mol. The van der Waals surface area contributed by atoms with Crippen molar-refractivity contribution in [2.24, 2.45) is 11.5 Å². The van der Waals surface area contributed by atoms with Gasteiger partial charge in [-0.15, -0.1) is 0 Å². The molecule has 0 aromatic carbocycles. The van der Waals surface area contributed by atoms with Crippen LogP contribution in [0.5, 0.6) is 0 Å². The monoisotopic (exact) mass is 252 g/mol. The van der Waals surface area contributed by atoms with Crippen LogP contribution in [0, 0.1) is 0 Å². The van der Waals surface area contributed by atoms with Crippen LogP contribution in [0.1, 0.15) is 20.3 Å². The average molecular weight is 252 g/mol. The second-order valence-electron chi connectivity index (χ2n) is 3.40. The molecule has 0 aromatic heterocycles. The molecular formula is C10H28N2O3Si. The molecule has 0 aliphatic rings. The third-order valence-corrected chi connectivity index (χ3v) is 4.92. The topological polar surface area (TPSA) is 90.7 Å². The summed E-state index contributed by atoms with van der Waals surface area (Å²) < 4.78 is 11.2. The Labute approximate surface area is 100 Å². The molecule has 0 rings (SSSR count). The van der Waals surface area contributed by atoms with Crippen LogP contribution in [0.15, 0.2) is 0 Å². The smallest absolute Gasteiger partial charge is 0.334 e. The van der Waals surface area contributed by atoms with E-state index in [-0.39, 0.29) is 6.61 Å². The molecule has 0 spiro atoms. The summed E-state index contributed by atoms with van der Waals surface area (Å²) >= 11 is 0. The third kappa shape index (κ3) is 12.1. The van der Waals surface area contributed by atoms with Crippen molar-refractivity contribution in [2.45, 2.75) is 32.9 Å². The average Bonchev–Trinajstić information content (AvgIpc) is 2.27. The van der Waals surface area contributed by atoms with Crippen LogP contribution in [-0.2, 0) is 8.85 Å². The number of aliphatic hydroxyl groups excluding tert-OH is 1. The van der Waals surface area contributed by atoms with E-state index in [2.05, 4.69) is 6.55 Å². The molecule has 0 aliphatic carbocycles. The first kappa shape index (κ1) is 18.4. The standard InChI is InChI=1S/C8H20O3Si.C2H8N2/c1-4-10-12(3,11-5-2)8-6-7-9;3-1-2-4/h9H,4-8H2,1-3H3;1-4H2. The van der Waals surface area contributed by atoms with Crippen molar-refractivity contribution in [3.05, 3.63) is 0 Å². The van der Waals surface area contributed by atoms with E-state index in [9.17, 15) is 0 Å². The lowest BCUT2D eigenvalue weighted by Crippen LogP contribution is -2.38. The molecule has 0 fully saturated rings. The van der Waals surface area contributed by atoms with E-state index < -0.39 is 8.56 Å². The Morgan fingerprint density at radius 1 is 1.06 bits per heavy atom. The number of rotatable bonds is 8. The fourth-order valence-electron chi connectivity index (χ4n) is 1.20. The molecule has 0 unspecified atom stereocenters. The Morgan fingerprint density at radius 3 is 1.75 bits per heavy atom. The molecule has 6 heteroatoms. The molecule has 5 nitrogen and oxygen atoms in total. The number of hydrogen-bond donors (Lipinski definition) is 3. The highest BCUT2D eigenvalue weighted by atomic mass is 28.4. The number of aliphatic hydroxyl groups is 1. The van der Waals surface area contributed by atoms with Crippen molar-refractivity contribution in [3.8, 4) is 0 Å². The lowest BCUT2D eigenvalue weighted by Gasteiger charge is -2.25. The number of hydrogen-bond acceptors (Lipinski definition) is 5. The van der Waals surface area contributed by atoms with E-state index in [1.54, 1.807) is 0 Å². The Balaban J connectivity index is 0. The van der Waals surface area contributed by atoms with E-state index >= 15 is 0 Å². The van der Waals surface area contributed by atoms with Crippen LogP contribution in [-0.4, -0.2) is 46.6 Å². The fourth-order valence-corrected chi connectivity index (χ4v) is 3.59. The Bertz CT molecular complexity index is 131. The zero-order valence-corrected chi connectivity index (χ0v) is 11.9. The first-order valence-corrected chi connectivity index (χ1v) is 8.41. The predicted octanol–water partition coefficient (Wildman–Crippen LogP) is 0.418. The minimum absolute atomic E-state index is 0.225. The minimum Gasteiger partial charge on any atom is -0.396 e. The molecule has 0 aromatic rings. The molecule has 0 amide bonds. The molecule has 100 valence electrons. The van der Waals surface area contributed by atoms with E-state index in [4.69, 9.17) is 25.4 Å². The molecule has 5 N–H and O–H groups in total. The first-order valence-electron chi connectivity index (χ1n) is 5.89. The maximum atomic E-state index is 8.68. The van der Waals surface area contributed by atoms with Gasteiger partial charge in [-0.3, -0.25) is 0 Å². The molecule has 0 aliphatic heterocycles. The Hall–Kier alpha value is 0.0169. The zero-order valence-electron chi connectivity index (χ0n) is 10.9. The van der Waals surface area contributed by atoms with Gasteiger partial charge in [-0.1, -0.05) is 0 Å². The molecule has 0 radical (unpaired) electrons. The van der Waals surface area contributed by atoms with E-state index in [1.807, 2.05) is 13.8 Å². The van der Waals surface area contributed by atoms with Gasteiger partial charge in [0.2, 0.25) is 0 Å². The Morgan fingerprint density at radius 2 is 1.50 bits per heavy atom. The molecule has 0 atom stereocenters. The van der Waals surface area contributed by atoms with Crippen LogP contribution in [0.2, 0.25) is 12.6 Å². The largest absolute Gasteiger partial charge is 0.396 e. The summed E-state index contributed by atoms with van der Waals surface area (Å²) in [6.45, 7) is 8.83. The van der Waals surface area contributed by atoms with Gasteiger partial charge >= 0.3 is 8.56 Å². The maximum absolute atomic E-state index is 8.68. The normalized spacial score (nSPS) is 10.9. The van der Waals surface area contributed by atoms with E-state index in [1.165, 1.54) is 0 Å². The summed E-state index contributed by atoms with van der Waals surface area (Å²) in [5.41, 5.74) is 9.81. The van der Waals surface area contributed by atoms with Crippen molar-refractivity contribution in [1.29, 1.82) is 0 Å². The predicted molar refractivity (Wildman–Crippen MR) is 69.5 cm³/mol. The summed E-state index contributed by atoms with van der Waals surface area (Å²) in [5, 5.41) is 8.68. The van der Waals surface area contributed by atoms with Gasteiger partial charge in [0, 0.05) is 32.9 Å². The summed E-state index contributed by atoms with van der Waals surface area (Å²) in [5.74, 6) is 0. The van der Waals surface area contributed by atoms with Gasteiger partial charge in [0.15, 0.2) is 0 Å². The Kier molecular flexibility index (Phi) is 15.0. The minimum atomic E-state index is -1.93. The van der Waals surface area contributed by atoms with Gasteiger partial charge in [0.05, 0.1) is 0 Å². The first-order chi connectivity index (χ1) is 7.60. The van der Waals surface area contributed by atoms with Crippen LogP contribution in [0.3, 0.4) is 0 Å². The van der Waals surface area contributed by atoms with Gasteiger partial charge in [-0.2, -0.15) is 0 Å². The van der Waals surface area contributed by atoms with Crippen molar-refractivity contribution >= 4 is 8.56 Å². The molecule has 0 saturated heterocycles. The summed E-state index contributed by atoms with van der Waals surface area (Å²) in [4.78, 5) is 0.